The Hall–Kier alpha value is -2.88. The van der Waals surface area contributed by atoms with Crippen molar-refractivity contribution >= 4 is 64.4 Å². The molecule has 0 atom stereocenters. The van der Waals surface area contributed by atoms with Gasteiger partial charge in [-0.1, -0.05) is 98.6 Å². The predicted molar refractivity (Wildman–Crippen MR) is 139 cm³/mol. The van der Waals surface area contributed by atoms with E-state index < -0.39 is 0 Å². The molecule has 1 aromatic heterocycles. The molecule has 0 bridgehead atoms. The number of para-hydroxylation sites is 1. The molecule has 1 heterocycles. The van der Waals surface area contributed by atoms with Crippen molar-refractivity contribution in [3.05, 3.63) is 112 Å². The van der Waals surface area contributed by atoms with Crippen molar-refractivity contribution in [1.82, 2.24) is 4.57 Å². The minimum Gasteiger partial charge on any atom is -0.309 e. The molecule has 148 valence electrons. The molecule has 0 saturated heterocycles. The molecular weight excluding hydrogens is 510 g/mol. The summed E-state index contributed by atoms with van der Waals surface area (Å²) in [7, 11) is 0. The molecule has 31 heavy (non-hydrogen) atoms. The summed E-state index contributed by atoms with van der Waals surface area (Å²) in [4.78, 5) is 0. The highest BCUT2D eigenvalue weighted by Gasteiger charge is 2.17. The lowest BCUT2D eigenvalue weighted by atomic mass is 9.99. The molecule has 0 radical (unpaired) electrons. The van der Waals surface area contributed by atoms with Crippen LogP contribution in [0.25, 0.3) is 49.4 Å². The normalized spacial score (nSPS) is 11.5. The zero-order chi connectivity index (χ0) is 20.9. The Morgan fingerprint density at radius 1 is 0.548 bits per heavy atom. The summed E-state index contributed by atoms with van der Waals surface area (Å²) >= 11 is 7.32. The third-order valence-electron chi connectivity index (χ3n) is 5.88. The zero-order valence-corrected chi connectivity index (χ0v) is 19.7. The minimum atomic E-state index is 1.06. The van der Waals surface area contributed by atoms with Crippen LogP contribution in [-0.4, -0.2) is 4.57 Å². The average molecular weight is 527 g/mol. The highest BCUT2D eigenvalue weighted by molar-refractivity contribution is 9.11. The van der Waals surface area contributed by atoms with Crippen molar-refractivity contribution < 1.29 is 0 Å². The fraction of sp³-hybridized carbons (Fsp3) is 0. The molecule has 0 fully saturated rings. The quantitative estimate of drug-likeness (QED) is 0.212. The summed E-state index contributed by atoms with van der Waals surface area (Å²) in [5, 5.41) is 5.04. The fourth-order valence-corrected chi connectivity index (χ4v) is 5.93. The number of halogens is 2. The summed E-state index contributed by atoms with van der Waals surface area (Å²) in [6, 6.07) is 36.9. The van der Waals surface area contributed by atoms with Crippen molar-refractivity contribution in [2.45, 2.75) is 0 Å². The molecule has 6 rings (SSSR count). The Balaban J connectivity index is 1.78. The lowest BCUT2D eigenvalue weighted by Crippen LogP contribution is -1.95. The number of fused-ring (bicyclic) bond motifs is 4. The standard InChI is InChI=1S/C28H17Br2N/c29-20-15-19(16-21(30)17-20)23-11-6-14-27-28(23)24-10-3-4-12-26(24)31(27)25-13-5-8-18-7-1-2-9-22(18)25/h1-17H. The second-order valence-corrected chi connectivity index (χ2v) is 9.54. The van der Waals surface area contributed by atoms with Crippen molar-refractivity contribution in [2.75, 3.05) is 0 Å². The van der Waals surface area contributed by atoms with E-state index >= 15 is 0 Å². The Kier molecular flexibility index (Phi) is 4.48. The van der Waals surface area contributed by atoms with Gasteiger partial charge in [0.25, 0.3) is 0 Å². The topological polar surface area (TPSA) is 4.93 Å². The number of nitrogens with zero attached hydrogens (tertiary/aromatic N) is 1. The minimum absolute atomic E-state index is 1.06. The maximum atomic E-state index is 3.66. The Bertz CT molecular complexity index is 1590. The van der Waals surface area contributed by atoms with Crippen LogP contribution in [0.15, 0.2) is 112 Å². The largest absolute Gasteiger partial charge is 0.309 e. The van der Waals surface area contributed by atoms with Gasteiger partial charge in [-0.15, -0.1) is 0 Å². The first kappa shape index (κ1) is 18.9. The van der Waals surface area contributed by atoms with Crippen LogP contribution in [-0.2, 0) is 0 Å². The molecule has 0 aliphatic carbocycles. The van der Waals surface area contributed by atoms with Gasteiger partial charge in [0.1, 0.15) is 0 Å². The third-order valence-corrected chi connectivity index (χ3v) is 6.79. The Morgan fingerprint density at radius 2 is 1.19 bits per heavy atom. The summed E-state index contributed by atoms with van der Waals surface area (Å²) in [5.74, 6) is 0. The van der Waals surface area contributed by atoms with E-state index in [1.165, 1.54) is 49.4 Å². The number of aromatic nitrogens is 1. The summed E-state index contributed by atoms with van der Waals surface area (Å²) in [5.41, 5.74) is 6.06. The van der Waals surface area contributed by atoms with Crippen LogP contribution < -0.4 is 0 Å². The number of rotatable bonds is 2. The van der Waals surface area contributed by atoms with Crippen molar-refractivity contribution in [1.29, 1.82) is 0 Å². The molecule has 0 amide bonds. The number of hydrogen-bond acceptors (Lipinski definition) is 0. The predicted octanol–water partition coefficient (Wildman–Crippen LogP) is 9.13. The van der Waals surface area contributed by atoms with E-state index in [1.54, 1.807) is 0 Å². The van der Waals surface area contributed by atoms with Crippen LogP contribution in [0, 0.1) is 0 Å². The smallest absolute Gasteiger partial charge is 0.0547 e. The maximum absolute atomic E-state index is 3.66. The van der Waals surface area contributed by atoms with Gasteiger partial charge in [0, 0.05) is 25.1 Å². The molecule has 5 aromatic carbocycles. The number of benzene rings is 5. The maximum Gasteiger partial charge on any atom is 0.0547 e. The first-order chi connectivity index (χ1) is 15.2. The van der Waals surface area contributed by atoms with Crippen LogP contribution in [0.1, 0.15) is 0 Å². The molecule has 3 heteroatoms. The lowest BCUT2D eigenvalue weighted by Gasteiger charge is -2.12. The van der Waals surface area contributed by atoms with Crippen LogP contribution in [0.4, 0.5) is 0 Å². The summed E-state index contributed by atoms with van der Waals surface area (Å²) < 4.78 is 4.53. The van der Waals surface area contributed by atoms with E-state index in [2.05, 4.69) is 140 Å². The van der Waals surface area contributed by atoms with Crippen molar-refractivity contribution in [3.63, 3.8) is 0 Å². The van der Waals surface area contributed by atoms with Gasteiger partial charge in [0.15, 0.2) is 0 Å². The summed E-state index contributed by atoms with van der Waals surface area (Å²) in [6.45, 7) is 0. The second kappa shape index (κ2) is 7.37. The average Bonchev–Trinajstić information content (AvgIpc) is 3.12. The highest BCUT2D eigenvalue weighted by atomic mass is 79.9. The van der Waals surface area contributed by atoms with Crippen LogP contribution in [0.5, 0.6) is 0 Å². The molecule has 0 N–H and O–H groups in total. The van der Waals surface area contributed by atoms with E-state index in [4.69, 9.17) is 0 Å². The zero-order valence-electron chi connectivity index (χ0n) is 16.5. The van der Waals surface area contributed by atoms with Gasteiger partial charge in [0.2, 0.25) is 0 Å². The van der Waals surface area contributed by atoms with Crippen molar-refractivity contribution in [3.8, 4) is 16.8 Å². The monoisotopic (exact) mass is 525 g/mol. The molecular formula is C28H17Br2N. The van der Waals surface area contributed by atoms with Gasteiger partial charge in [-0.25, -0.2) is 0 Å². The van der Waals surface area contributed by atoms with Gasteiger partial charge in [0.05, 0.1) is 16.7 Å². The van der Waals surface area contributed by atoms with E-state index in [9.17, 15) is 0 Å². The number of hydrogen-bond donors (Lipinski definition) is 0. The SMILES string of the molecule is Brc1cc(Br)cc(-c2cccc3c2c2ccccc2n3-c2cccc3ccccc23)c1. The van der Waals surface area contributed by atoms with Gasteiger partial charge in [-0.05, 0) is 52.9 Å². The second-order valence-electron chi connectivity index (χ2n) is 7.71. The van der Waals surface area contributed by atoms with Gasteiger partial charge in [-0.3, -0.25) is 0 Å². The van der Waals surface area contributed by atoms with E-state index in [-0.39, 0.29) is 0 Å². The third kappa shape index (κ3) is 3.03. The fourth-order valence-electron chi connectivity index (χ4n) is 4.63. The first-order valence-electron chi connectivity index (χ1n) is 10.2. The van der Waals surface area contributed by atoms with Gasteiger partial charge < -0.3 is 4.57 Å². The summed E-state index contributed by atoms with van der Waals surface area (Å²) in [6.07, 6.45) is 0. The van der Waals surface area contributed by atoms with Gasteiger partial charge >= 0.3 is 0 Å². The lowest BCUT2D eigenvalue weighted by molar-refractivity contribution is 1.20. The highest BCUT2D eigenvalue weighted by Crippen LogP contribution is 2.40. The molecule has 0 aliphatic heterocycles. The van der Waals surface area contributed by atoms with Crippen LogP contribution in [0.2, 0.25) is 0 Å². The van der Waals surface area contributed by atoms with Crippen LogP contribution in [0.3, 0.4) is 0 Å². The molecule has 0 aliphatic rings. The molecule has 0 unspecified atom stereocenters. The van der Waals surface area contributed by atoms with E-state index in [0.29, 0.717) is 0 Å². The van der Waals surface area contributed by atoms with E-state index in [1.807, 2.05) is 0 Å². The molecule has 0 saturated carbocycles. The van der Waals surface area contributed by atoms with E-state index in [0.717, 1.165) is 8.95 Å². The van der Waals surface area contributed by atoms with Crippen LogP contribution >= 0.6 is 31.9 Å². The first-order valence-corrected chi connectivity index (χ1v) is 11.8. The molecule has 6 aromatic rings. The Morgan fingerprint density at radius 3 is 2.03 bits per heavy atom. The van der Waals surface area contributed by atoms with Gasteiger partial charge in [-0.2, -0.15) is 0 Å². The van der Waals surface area contributed by atoms with Crippen molar-refractivity contribution in [2.24, 2.45) is 0 Å². The molecule has 0 spiro atoms. The molecule has 1 nitrogen and oxygen atoms in total. The Labute approximate surface area is 197 Å².